The highest BCUT2D eigenvalue weighted by atomic mass is 32.1. The molecular formula is C16H15N3O3S. The van der Waals surface area contributed by atoms with Crippen LogP contribution in [0.1, 0.15) is 37.0 Å². The second-order valence-electron chi connectivity index (χ2n) is 6.26. The summed E-state index contributed by atoms with van der Waals surface area (Å²) in [5, 5.41) is 13.0. The molecule has 0 aliphatic heterocycles. The van der Waals surface area contributed by atoms with Gasteiger partial charge in [-0.15, -0.1) is 11.3 Å². The fourth-order valence-electron chi connectivity index (χ4n) is 2.48. The molecule has 0 fully saturated rings. The van der Waals surface area contributed by atoms with Crippen LogP contribution < -0.4 is 0 Å². The van der Waals surface area contributed by atoms with Gasteiger partial charge in [0.2, 0.25) is 0 Å². The van der Waals surface area contributed by atoms with E-state index in [2.05, 4.69) is 25.8 Å². The normalized spacial score (nSPS) is 11.8. The smallest absolute Gasteiger partial charge is 0.270 e. The molecule has 0 radical (unpaired) electrons. The molecule has 0 N–H and O–H groups in total. The first-order chi connectivity index (χ1) is 10.8. The van der Waals surface area contributed by atoms with Gasteiger partial charge in [0.1, 0.15) is 11.4 Å². The molecule has 23 heavy (non-hydrogen) atoms. The van der Waals surface area contributed by atoms with E-state index >= 15 is 0 Å². The Hall–Kier alpha value is -2.54. The molecular weight excluding hydrogens is 314 g/mol. The molecule has 0 aliphatic rings. The lowest BCUT2D eigenvalue weighted by molar-refractivity contribution is -0.384. The number of rotatable bonds is 3. The van der Waals surface area contributed by atoms with Gasteiger partial charge in [-0.2, -0.15) is 0 Å². The summed E-state index contributed by atoms with van der Waals surface area (Å²) in [5.74, 6) is 0. The third-order valence-corrected chi connectivity index (χ3v) is 4.44. The number of carbonyl (C=O) groups excluding carboxylic acids is 1. The van der Waals surface area contributed by atoms with Crippen LogP contribution in [0.25, 0.3) is 16.2 Å². The third kappa shape index (κ3) is 2.53. The Morgan fingerprint density at radius 2 is 2.09 bits per heavy atom. The van der Waals surface area contributed by atoms with Gasteiger partial charge in [-0.25, -0.2) is 4.98 Å². The number of nitro groups is 1. The molecule has 2 heterocycles. The molecule has 0 amide bonds. The number of benzene rings is 1. The summed E-state index contributed by atoms with van der Waals surface area (Å²) in [6.45, 7) is 6.20. The maximum Gasteiger partial charge on any atom is 0.270 e. The summed E-state index contributed by atoms with van der Waals surface area (Å²) in [7, 11) is 0. The van der Waals surface area contributed by atoms with Gasteiger partial charge < -0.3 is 0 Å². The second kappa shape index (κ2) is 5.27. The van der Waals surface area contributed by atoms with Gasteiger partial charge in [-0.05, 0) is 0 Å². The quantitative estimate of drug-likeness (QED) is 0.412. The van der Waals surface area contributed by atoms with Crippen LogP contribution in [0.3, 0.4) is 0 Å². The van der Waals surface area contributed by atoms with E-state index in [9.17, 15) is 14.9 Å². The zero-order valence-corrected chi connectivity index (χ0v) is 13.8. The van der Waals surface area contributed by atoms with Crippen molar-refractivity contribution in [1.82, 2.24) is 9.38 Å². The van der Waals surface area contributed by atoms with E-state index in [0.29, 0.717) is 21.9 Å². The van der Waals surface area contributed by atoms with E-state index in [0.717, 1.165) is 12.0 Å². The first-order valence-corrected chi connectivity index (χ1v) is 7.91. The number of hydrogen-bond donors (Lipinski definition) is 0. The third-order valence-electron chi connectivity index (χ3n) is 3.61. The number of thiazole rings is 1. The average molecular weight is 329 g/mol. The number of carbonyl (C=O) groups is 1. The second-order valence-corrected chi connectivity index (χ2v) is 7.10. The highest BCUT2D eigenvalue weighted by Crippen LogP contribution is 2.33. The Kier molecular flexibility index (Phi) is 3.52. The molecule has 118 valence electrons. The lowest BCUT2D eigenvalue weighted by Crippen LogP contribution is -2.15. The molecule has 0 bridgehead atoms. The van der Waals surface area contributed by atoms with Crippen molar-refractivity contribution in [2.45, 2.75) is 26.2 Å². The highest BCUT2D eigenvalue weighted by Gasteiger charge is 2.24. The highest BCUT2D eigenvalue weighted by molar-refractivity contribution is 7.15. The van der Waals surface area contributed by atoms with Crippen molar-refractivity contribution in [3.05, 3.63) is 51.1 Å². The van der Waals surface area contributed by atoms with Crippen LogP contribution in [0.4, 0.5) is 5.69 Å². The monoisotopic (exact) mass is 329 g/mol. The SMILES string of the molecule is CC(C)(C)c1csc2nc(-c3cccc([N+](=O)[O-])c3)c(C=O)n12. The summed E-state index contributed by atoms with van der Waals surface area (Å²) in [6.07, 6.45) is 0.760. The van der Waals surface area contributed by atoms with Crippen molar-refractivity contribution in [3.8, 4) is 11.3 Å². The summed E-state index contributed by atoms with van der Waals surface area (Å²) < 4.78 is 1.84. The van der Waals surface area contributed by atoms with Crippen LogP contribution in [0, 0.1) is 10.1 Å². The van der Waals surface area contributed by atoms with Gasteiger partial charge in [-0.1, -0.05) is 32.9 Å². The molecule has 3 aromatic rings. The van der Waals surface area contributed by atoms with Crippen LogP contribution in [-0.2, 0) is 5.41 Å². The molecule has 1 aromatic carbocycles. The van der Waals surface area contributed by atoms with Crippen LogP contribution in [-0.4, -0.2) is 20.6 Å². The van der Waals surface area contributed by atoms with Crippen LogP contribution in [0.5, 0.6) is 0 Å². The van der Waals surface area contributed by atoms with Crippen LogP contribution >= 0.6 is 11.3 Å². The number of fused-ring (bicyclic) bond motifs is 1. The minimum Gasteiger partial charge on any atom is -0.296 e. The molecule has 0 atom stereocenters. The first-order valence-electron chi connectivity index (χ1n) is 7.03. The van der Waals surface area contributed by atoms with Gasteiger partial charge in [0.25, 0.3) is 5.69 Å². The number of non-ortho nitro benzene ring substituents is 1. The average Bonchev–Trinajstić information content (AvgIpc) is 3.04. The van der Waals surface area contributed by atoms with Gasteiger partial charge >= 0.3 is 0 Å². The molecule has 0 aliphatic carbocycles. The van der Waals surface area contributed by atoms with E-state index in [4.69, 9.17) is 0 Å². The summed E-state index contributed by atoms with van der Waals surface area (Å²) in [4.78, 5) is 27.4. The molecule has 0 spiro atoms. The van der Waals surface area contributed by atoms with E-state index in [1.165, 1.54) is 23.5 Å². The molecule has 3 rings (SSSR count). The molecule has 0 saturated heterocycles. The molecule has 0 saturated carbocycles. The Balaban J connectivity index is 2.27. The number of nitro benzene ring substituents is 1. The summed E-state index contributed by atoms with van der Waals surface area (Å²) >= 11 is 1.46. The predicted molar refractivity (Wildman–Crippen MR) is 89.2 cm³/mol. The van der Waals surface area contributed by atoms with Crippen molar-refractivity contribution in [2.24, 2.45) is 0 Å². The minimum atomic E-state index is -0.455. The van der Waals surface area contributed by atoms with E-state index in [1.54, 1.807) is 12.1 Å². The topological polar surface area (TPSA) is 77.5 Å². The Bertz CT molecular complexity index is 918. The van der Waals surface area contributed by atoms with E-state index in [1.807, 2.05) is 9.78 Å². The minimum absolute atomic E-state index is 0.0215. The number of aldehydes is 1. The lowest BCUT2D eigenvalue weighted by atomic mass is 9.93. The fourth-order valence-corrected chi connectivity index (χ4v) is 3.61. The van der Waals surface area contributed by atoms with E-state index < -0.39 is 4.92 Å². The van der Waals surface area contributed by atoms with Crippen molar-refractivity contribution < 1.29 is 9.72 Å². The lowest BCUT2D eigenvalue weighted by Gasteiger charge is -2.17. The number of aromatic nitrogens is 2. The summed E-state index contributed by atoms with van der Waals surface area (Å²) in [6, 6.07) is 6.18. The zero-order chi connectivity index (χ0) is 16.8. The largest absolute Gasteiger partial charge is 0.296 e. The van der Waals surface area contributed by atoms with Gasteiger partial charge in [-0.3, -0.25) is 19.3 Å². The zero-order valence-electron chi connectivity index (χ0n) is 12.9. The molecule has 6 nitrogen and oxygen atoms in total. The Morgan fingerprint density at radius 3 is 2.70 bits per heavy atom. The molecule has 0 unspecified atom stereocenters. The Morgan fingerprint density at radius 1 is 1.35 bits per heavy atom. The first kappa shape index (κ1) is 15.4. The van der Waals surface area contributed by atoms with Crippen LogP contribution in [0.2, 0.25) is 0 Å². The van der Waals surface area contributed by atoms with Gasteiger partial charge in [0.05, 0.1) is 4.92 Å². The van der Waals surface area contributed by atoms with Crippen molar-refractivity contribution in [1.29, 1.82) is 0 Å². The maximum atomic E-state index is 11.7. The molecule has 7 heteroatoms. The number of hydrogen-bond acceptors (Lipinski definition) is 5. The van der Waals surface area contributed by atoms with Crippen LogP contribution in [0.15, 0.2) is 29.6 Å². The number of nitrogens with zero attached hydrogens (tertiary/aromatic N) is 3. The number of imidazole rings is 1. The van der Waals surface area contributed by atoms with Gasteiger partial charge in [0, 0.05) is 34.2 Å². The maximum absolute atomic E-state index is 11.7. The summed E-state index contributed by atoms with van der Waals surface area (Å²) in [5.41, 5.74) is 2.29. The van der Waals surface area contributed by atoms with Crippen molar-refractivity contribution in [2.75, 3.05) is 0 Å². The fraction of sp³-hybridized carbons (Fsp3) is 0.250. The van der Waals surface area contributed by atoms with Crippen molar-refractivity contribution in [3.63, 3.8) is 0 Å². The van der Waals surface area contributed by atoms with Gasteiger partial charge in [0.15, 0.2) is 11.2 Å². The predicted octanol–water partition coefficient (Wildman–Crippen LogP) is 4.08. The standard InChI is InChI=1S/C16H15N3O3S/c1-16(2,3)13-9-23-15-17-14(12(8-20)18(13)15)10-5-4-6-11(7-10)19(21)22/h4-9H,1-3H3. The molecule has 2 aromatic heterocycles. The van der Waals surface area contributed by atoms with Crippen molar-refractivity contribution >= 4 is 28.3 Å². The Labute approximate surface area is 136 Å². The van der Waals surface area contributed by atoms with E-state index in [-0.39, 0.29) is 11.1 Å².